The van der Waals surface area contributed by atoms with Gasteiger partial charge in [0.15, 0.2) is 0 Å². The van der Waals surface area contributed by atoms with Gasteiger partial charge in [0.2, 0.25) is 0 Å². The Morgan fingerprint density at radius 2 is 2.00 bits per heavy atom. The molecule has 0 aromatic rings. The van der Waals surface area contributed by atoms with Crippen molar-refractivity contribution >= 4 is 0 Å². The van der Waals surface area contributed by atoms with Crippen molar-refractivity contribution in [1.82, 2.24) is 0 Å². The molecule has 0 radical (unpaired) electrons. The van der Waals surface area contributed by atoms with E-state index in [1.165, 1.54) is 37.7 Å². The quantitative estimate of drug-likeness (QED) is 0.550. The van der Waals surface area contributed by atoms with Crippen LogP contribution in [0.5, 0.6) is 0 Å². The van der Waals surface area contributed by atoms with E-state index in [1.807, 2.05) is 13.8 Å². The van der Waals surface area contributed by atoms with E-state index < -0.39 is 0 Å². The maximum atomic E-state index is 4.14. The van der Waals surface area contributed by atoms with E-state index in [-0.39, 0.29) is 0 Å². The van der Waals surface area contributed by atoms with Gasteiger partial charge in [-0.2, -0.15) is 0 Å². The monoisotopic (exact) mass is 182 g/mol. The fourth-order valence-corrected chi connectivity index (χ4v) is 2.11. The average Bonchev–Trinajstić information content (AvgIpc) is 2.47. The minimum absolute atomic E-state index is 0.856. The van der Waals surface area contributed by atoms with Gasteiger partial charge in [0.05, 0.1) is 0 Å². The molecule has 0 nitrogen and oxygen atoms in total. The predicted molar refractivity (Wildman–Crippen MR) is 61.9 cm³/mol. The zero-order valence-electron chi connectivity index (χ0n) is 9.90. The lowest BCUT2D eigenvalue weighted by Crippen LogP contribution is -2.04. The molecule has 13 heavy (non-hydrogen) atoms. The molecule has 1 rings (SSSR count). The van der Waals surface area contributed by atoms with Gasteiger partial charge >= 0.3 is 0 Å². The molecule has 1 aliphatic rings. The van der Waals surface area contributed by atoms with Crippen LogP contribution in [0.1, 0.15) is 59.8 Å². The Bertz CT molecular complexity index is 135. The van der Waals surface area contributed by atoms with Gasteiger partial charge in [-0.1, -0.05) is 52.7 Å². The van der Waals surface area contributed by atoms with E-state index in [9.17, 15) is 0 Å². The summed E-state index contributed by atoms with van der Waals surface area (Å²) in [5, 5.41) is 0. The first kappa shape index (κ1) is 12.7. The van der Waals surface area contributed by atoms with E-state index in [0.717, 1.165) is 11.8 Å². The molecule has 78 valence electrons. The number of hydrogen-bond acceptors (Lipinski definition) is 0. The standard InChI is InChI=1S/C11H20.C2H6/c1-4-5-6-11-9(2)7-8-10(11)3;1-2/h10-11H,2,4-8H2,1,3H3;1-2H3. The van der Waals surface area contributed by atoms with Gasteiger partial charge in [-0.3, -0.25) is 0 Å². The molecule has 0 aromatic heterocycles. The topological polar surface area (TPSA) is 0 Å². The molecule has 0 aliphatic heterocycles. The first-order valence-corrected chi connectivity index (χ1v) is 5.93. The third kappa shape index (κ3) is 3.97. The molecule has 0 N–H and O–H groups in total. The molecule has 0 saturated heterocycles. The molecule has 1 saturated carbocycles. The number of hydrogen-bond donors (Lipinski definition) is 0. The van der Waals surface area contributed by atoms with Crippen LogP contribution in [0.25, 0.3) is 0 Å². The van der Waals surface area contributed by atoms with Crippen molar-refractivity contribution in [2.24, 2.45) is 11.8 Å². The van der Waals surface area contributed by atoms with Crippen molar-refractivity contribution in [1.29, 1.82) is 0 Å². The maximum absolute atomic E-state index is 4.14. The molecule has 2 unspecified atom stereocenters. The Morgan fingerprint density at radius 1 is 1.38 bits per heavy atom. The highest BCUT2D eigenvalue weighted by Crippen LogP contribution is 2.38. The first-order valence-electron chi connectivity index (χ1n) is 5.93. The molecule has 1 fully saturated rings. The zero-order valence-corrected chi connectivity index (χ0v) is 9.90. The number of rotatable bonds is 3. The van der Waals surface area contributed by atoms with Gasteiger partial charge in [0, 0.05) is 0 Å². The normalized spacial score (nSPS) is 26.9. The largest absolute Gasteiger partial charge is 0.0996 e. The van der Waals surface area contributed by atoms with Crippen LogP contribution < -0.4 is 0 Å². The van der Waals surface area contributed by atoms with Crippen LogP contribution >= 0.6 is 0 Å². The SMILES string of the molecule is C=C1CCC(C)C1CCCC.CC. The predicted octanol–water partition coefficient (Wildman–Crippen LogP) is 4.81. The van der Waals surface area contributed by atoms with Gasteiger partial charge in [0.25, 0.3) is 0 Å². The average molecular weight is 182 g/mol. The highest BCUT2D eigenvalue weighted by atomic mass is 14.3. The lowest BCUT2D eigenvalue weighted by atomic mass is 9.90. The van der Waals surface area contributed by atoms with Crippen LogP contribution in [0, 0.1) is 11.8 Å². The Morgan fingerprint density at radius 3 is 2.38 bits per heavy atom. The molecule has 0 heteroatoms. The summed E-state index contributed by atoms with van der Waals surface area (Å²) in [6.45, 7) is 12.8. The summed E-state index contributed by atoms with van der Waals surface area (Å²) in [5.74, 6) is 1.77. The van der Waals surface area contributed by atoms with Gasteiger partial charge in [-0.15, -0.1) is 0 Å². The molecular weight excluding hydrogens is 156 g/mol. The number of allylic oxidation sites excluding steroid dienone is 1. The van der Waals surface area contributed by atoms with E-state index in [2.05, 4.69) is 20.4 Å². The third-order valence-electron chi connectivity index (χ3n) is 3.00. The zero-order chi connectivity index (χ0) is 10.3. The molecule has 0 heterocycles. The first-order chi connectivity index (χ1) is 6.25. The minimum atomic E-state index is 0.856. The summed E-state index contributed by atoms with van der Waals surface area (Å²) in [6, 6.07) is 0. The van der Waals surface area contributed by atoms with Crippen molar-refractivity contribution < 1.29 is 0 Å². The van der Waals surface area contributed by atoms with Crippen molar-refractivity contribution in [3.8, 4) is 0 Å². The van der Waals surface area contributed by atoms with Gasteiger partial charge in [-0.05, 0) is 31.1 Å². The van der Waals surface area contributed by atoms with Crippen molar-refractivity contribution in [3.05, 3.63) is 12.2 Å². The van der Waals surface area contributed by atoms with Crippen LogP contribution in [0.2, 0.25) is 0 Å². The van der Waals surface area contributed by atoms with Gasteiger partial charge < -0.3 is 0 Å². The minimum Gasteiger partial charge on any atom is -0.0996 e. The molecule has 0 bridgehead atoms. The molecule has 2 atom stereocenters. The maximum Gasteiger partial charge on any atom is -0.0180 e. The van der Waals surface area contributed by atoms with Crippen LogP contribution in [-0.4, -0.2) is 0 Å². The van der Waals surface area contributed by atoms with Crippen LogP contribution in [0.4, 0.5) is 0 Å². The van der Waals surface area contributed by atoms with Crippen molar-refractivity contribution in [2.45, 2.75) is 59.8 Å². The molecule has 0 spiro atoms. The Balaban J connectivity index is 0.000000671. The third-order valence-corrected chi connectivity index (χ3v) is 3.00. The van der Waals surface area contributed by atoms with E-state index >= 15 is 0 Å². The lowest BCUT2D eigenvalue weighted by molar-refractivity contribution is 0.419. The van der Waals surface area contributed by atoms with Gasteiger partial charge in [0.1, 0.15) is 0 Å². The fraction of sp³-hybridized carbons (Fsp3) is 0.846. The smallest absolute Gasteiger partial charge is 0.0180 e. The Labute approximate surface area is 84.4 Å². The summed E-state index contributed by atoms with van der Waals surface area (Å²) in [6.07, 6.45) is 6.77. The second-order valence-corrected chi connectivity index (χ2v) is 3.92. The van der Waals surface area contributed by atoms with Crippen LogP contribution in [0.15, 0.2) is 12.2 Å². The molecule has 0 aromatic carbocycles. The van der Waals surface area contributed by atoms with E-state index in [1.54, 1.807) is 0 Å². The lowest BCUT2D eigenvalue weighted by Gasteiger charge is -2.15. The highest BCUT2D eigenvalue weighted by Gasteiger charge is 2.25. The van der Waals surface area contributed by atoms with Crippen molar-refractivity contribution in [3.63, 3.8) is 0 Å². The van der Waals surface area contributed by atoms with E-state index in [0.29, 0.717) is 0 Å². The summed E-state index contributed by atoms with van der Waals surface area (Å²) >= 11 is 0. The summed E-state index contributed by atoms with van der Waals surface area (Å²) in [7, 11) is 0. The highest BCUT2D eigenvalue weighted by molar-refractivity contribution is 5.07. The van der Waals surface area contributed by atoms with Gasteiger partial charge in [-0.25, -0.2) is 0 Å². The van der Waals surface area contributed by atoms with Crippen molar-refractivity contribution in [2.75, 3.05) is 0 Å². The van der Waals surface area contributed by atoms with Crippen LogP contribution in [0.3, 0.4) is 0 Å². The molecule has 0 amide bonds. The summed E-state index contributed by atoms with van der Waals surface area (Å²) in [4.78, 5) is 0. The molecule has 1 aliphatic carbocycles. The summed E-state index contributed by atoms with van der Waals surface area (Å²) in [5.41, 5.74) is 1.52. The number of unbranched alkanes of at least 4 members (excludes halogenated alkanes) is 1. The van der Waals surface area contributed by atoms with Crippen LogP contribution in [-0.2, 0) is 0 Å². The van der Waals surface area contributed by atoms with E-state index in [4.69, 9.17) is 0 Å². The second-order valence-electron chi connectivity index (χ2n) is 3.92. The summed E-state index contributed by atoms with van der Waals surface area (Å²) < 4.78 is 0. The fourth-order valence-electron chi connectivity index (χ4n) is 2.11. The molecular formula is C13H26. The second kappa shape index (κ2) is 7.17. The Kier molecular flexibility index (Phi) is 7.03. The Hall–Kier alpha value is -0.260.